The lowest BCUT2D eigenvalue weighted by molar-refractivity contribution is 0.0718. The van der Waals surface area contributed by atoms with Crippen LogP contribution in [0.25, 0.3) is 0 Å². The quantitative estimate of drug-likeness (QED) is 0.639. The van der Waals surface area contributed by atoms with Crippen LogP contribution in [0.15, 0.2) is 4.99 Å². The van der Waals surface area contributed by atoms with Gasteiger partial charge in [0.05, 0.1) is 17.8 Å². The molecule has 0 radical (unpaired) electrons. The Labute approximate surface area is 146 Å². The van der Waals surface area contributed by atoms with Crippen molar-refractivity contribution in [3.63, 3.8) is 0 Å². The minimum atomic E-state index is -0.596. The zero-order valence-corrected chi connectivity index (χ0v) is 15.6. The average molecular weight is 355 g/mol. The number of guanidine groups is 1. The van der Waals surface area contributed by atoms with E-state index in [9.17, 15) is 5.11 Å². The molecule has 128 valence electrons. The Hall–Kier alpha value is -0.790. The second kappa shape index (κ2) is 7.40. The fourth-order valence-corrected chi connectivity index (χ4v) is 5.62. The first-order chi connectivity index (χ1) is 11.1. The van der Waals surface area contributed by atoms with Gasteiger partial charge in [-0.2, -0.15) is 11.8 Å². The first-order valence-corrected chi connectivity index (χ1v) is 10.3. The van der Waals surface area contributed by atoms with Gasteiger partial charge in [0.25, 0.3) is 0 Å². The third-order valence-electron chi connectivity index (χ3n) is 4.49. The fraction of sp³-hybridized carbons (Fsp3) is 0.750. The number of nitrogens with one attached hydrogen (secondary N) is 1. The van der Waals surface area contributed by atoms with Gasteiger partial charge in [-0.05, 0) is 37.9 Å². The third kappa shape index (κ3) is 4.19. The zero-order chi connectivity index (χ0) is 16.3. The van der Waals surface area contributed by atoms with E-state index in [0.29, 0.717) is 6.54 Å². The summed E-state index contributed by atoms with van der Waals surface area (Å²) < 4.78 is 0. The number of fused-ring (bicyclic) bond motifs is 1. The van der Waals surface area contributed by atoms with E-state index in [-0.39, 0.29) is 0 Å². The molecule has 23 heavy (non-hydrogen) atoms. The number of nitrogens with zero attached hydrogens (tertiary/aromatic N) is 3. The predicted octanol–water partition coefficient (Wildman–Crippen LogP) is 1.90. The fourth-order valence-electron chi connectivity index (χ4n) is 3.12. The summed E-state index contributed by atoms with van der Waals surface area (Å²) in [5, 5.41) is 14.9. The molecule has 5 nitrogen and oxygen atoms in total. The molecule has 1 aliphatic carbocycles. The summed E-state index contributed by atoms with van der Waals surface area (Å²) >= 11 is 3.66. The third-order valence-corrected chi connectivity index (χ3v) is 6.87. The molecule has 1 fully saturated rings. The zero-order valence-electron chi connectivity index (χ0n) is 14.0. The maximum absolute atomic E-state index is 10.5. The lowest BCUT2D eigenvalue weighted by Crippen LogP contribution is -2.47. The molecule has 0 amide bonds. The van der Waals surface area contributed by atoms with Crippen LogP contribution in [0.3, 0.4) is 0 Å². The molecule has 1 atom stereocenters. The molecular weight excluding hydrogens is 328 g/mol. The number of rotatable bonds is 4. The Morgan fingerprint density at radius 1 is 1.43 bits per heavy atom. The summed E-state index contributed by atoms with van der Waals surface area (Å²) in [5.74, 6) is 2.67. The van der Waals surface area contributed by atoms with Crippen LogP contribution in [0.1, 0.15) is 34.8 Å². The van der Waals surface area contributed by atoms with Gasteiger partial charge >= 0.3 is 0 Å². The largest absolute Gasteiger partial charge is 0.387 e. The second-order valence-electron chi connectivity index (χ2n) is 6.47. The number of aryl methyl sites for hydroxylation is 2. The highest BCUT2D eigenvalue weighted by atomic mass is 32.2. The monoisotopic (exact) mass is 354 g/mol. The minimum absolute atomic E-state index is 0.561. The van der Waals surface area contributed by atoms with Crippen LogP contribution in [0.2, 0.25) is 0 Å². The van der Waals surface area contributed by atoms with Gasteiger partial charge < -0.3 is 15.3 Å². The van der Waals surface area contributed by atoms with Crippen molar-refractivity contribution in [1.82, 2.24) is 15.2 Å². The van der Waals surface area contributed by atoms with Gasteiger partial charge in [-0.15, -0.1) is 11.3 Å². The lowest BCUT2D eigenvalue weighted by Gasteiger charge is -2.26. The van der Waals surface area contributed by atoms with E-state index in [1.807, 2.05) is 30.1 Å². The van der Waals surface area contributed by atoms with E-state index in [4.69, 9.17) is 4.98 Å². The van der Waals surface area contributed by atoms with Gasteiger partial charge in [0.1, 0.15) is 5.01 Å². The number of hydrogen-bond donors (Lipinski definition) is 2. The maximum atomic E-state index is 10.5. The number of aromatic nitrogens is 1. The van der Waals surface area contributed by atoms with Crippen LogP contribution in [-0.2, 0) is 19.4 Å². The Morgan fingerprint density at radius 3 is 2.96 bits per heavy atom. The summed E-state index contributed by atoms with van der Waals surface area (Å²) in [5.41, 5.74) is 0.715. The first kappa shape index (κ1) is 17.0. The average Bonchev–Trinajstić information content (AvgIpc) is 3.13. The highest BCUT2D eigenvalue weighted by molar-refractivity contribution is 7.99. The second-order valence-corrected chi connectivity index (χ2v) is 8.74. The highest BCUT2D eigenvalue weighted by Crippen LogP contribution is 2.28. The van der Waals surface area contributed by atoms with Crippen molar-refractivity contribution in [3.05, 3.63) is 15.6 Å². The molecule has 0 saturated carbocycles. The van der Waals surface area contributed by atoms with Gasteiger partial charge in [0.2, 0.25) is 0 Å². The van der Waals surface area contributed by atoms with Gasteiger partial charge in [0, 0.05) is 31.3 Å². The molecular formula is C16H26N4OS2. The molecule has 3 rings (SSSR count). The van der Waals surface area contributed by atoms with Crippen LogP contribution in [0, 0.1) is 0 Å². The molecule has 7 heteroatoms. The molecule has 1 aromatic rings. The summed E-state index contributed by atoms with van der Waals surface area (Å²) in [6.07, 6.45) is 5.74. The molecule has 0 bridgehead atoms. The van der Waals surface area contributed by atoms with Crippen LogP contribution in [-0.4, -0.2) is 58.7 Å². The van der Waals surface area contributed by atoms with E-state index in [2.05, 4.69) is 15.2 Å². The molecule has 2 heterocycles. The summed E-state index contributed by atoms with van der Waals surface area (Å²) in [4.78, 5) is 12.7. The Bertz CT molecular complexity index is 543. The number of thiazole rings is 1. The molecule has 2 N–H and O–H groups in total. The van der Waals surface area contributed by atoms with E-state index in [1.54, 1.807) is 7.05 Å². The Kier molecular flexibility index (Phi) is 5.49. The topological polar surface area (TPSA) is 60.8 Å². The molecule has 0 spiro atoms. The van der Waals surface area contributed by atoms with E-state index in [1.165, 1.54) is 29.8 Å². The molecule has 1 aliphatic heterocycles. The van der Waals surface area contributed by atoms with Crippen molar-refractivity contribution in [2.45, 2.75) is 44.2 Å². The van der Waals surface area contributed by atoms with Gasteiger partial charge in [-0.25, -0.2) is 4.98 Å². The summed E-state index contributed by atoms with van der Waals surface area (Å²) in [6, 6.07) is 0. The summed E-state index contributed by atoms with van der Waals surface area (Å²) in [6.45, 7) is 1.33. The van der Waals surface area contributed by atoms with Crippen molar-refractivity contribution in [2.75, 3.05) is 32.1 Å². The Morgan fingerprint density at radius 2 is 2.26 bits per heavy atom. The smallest absolute Gasteiger partial charge is 0.193 e. The minimum Gasteiger partial charge on any atom is -0.387 e. The standard InChI is InChI=1S/C16H26N4OS2/c1-17-15(18-10-16(21)7-8-22-11-16)20(2)9-14-19-12-5-3-4-6-13(12)23-14/h21H,3-11H2,1-2H3,(H,17,18). The number of aliphatic imine (C=N–C) groups is 1. The molecule has 1 unspecified atom stereocenters. The van der Waals surface area contributed by atoms with Crippen molar-refractivity contribution in [3.8, 4) is 0 Å². The highest BCUT2D eigenvalue weighted by Gasteiger charge is 2.32. The Balaban J connectivity index is 1.57. The van der Waals surface area contributed by atoms with Gasteiger partial charge in [-0.1, -0.05) is 0 Å². The molecule has 1 aromatic heterocycles. The molecule has 1 saturated heterocycles. The van der Waals surface area contributed by atoms with Crippen molar-refractivity contribution < 1.29 is 5.11 Å². The van der Waals surface area contributed by atoms with Crippen LogP contribution in [0.5, 0.6) is 0 Å². The normalized spacial score (nSPS) is 24.6. The predicted molar refractivity (Wildman–Crippen MR) is 98.5 cm³/mol. The van der Waals surface area contributed by atoms with Crippen LogP contribution >= 0.6 is 23.1 Å². The first-order valence-electron chi connectivity index (χ1n) is 8.29. The van der Waals surface area contributed by atoms with Gasteiger partial charge in [-0.3, -0.25) is 4.99 Å². The van der Waals surface area contributed by atoms with Gasteiger partial charge in [0.15, 0.2) is 5.96 Å². The summed E-state index contributed by atoms with van der Waals surface area (Å²) in [7, 11) is 3.82. The molecule has 0 aromatic carbocycles. The SMILES string of the molecule is CN=C(NCC1(O)CCSC1)N(C)Cc1nc2c(s1)CCCC2. The van der Waals surface area contributed by atoms with Crippen LogP contribution < -0.4 is 5.32 Å². The maximum Gasteiger partial charge on any atom is 0.193 e. The number of aliphatic hydroxyl groups is 1. The van der Waals surface area contributed by atoms with Crippen molar-refractivity contribution in [1.29, 1.82) is 0 Å². The van der Waals surface area contributed by atoms with Crippen molar-refractivity contribution in [2.24, 2.45) is 4.99 Å². The van der Waals surface area contributed by atoms with Crippen molar-refractivity contribution >= 4 is 29.1 Å². The van der Waals surface area contributed by atoms with E-state index >= 15 is 0 Å². The van der Waals surface area contributed by atoms with E-state index in [0.717, 1.165) is 41.9 Å². The van der Waals surface area contributed by atoms with E-state index < -0.39 is 5.60 Å². The number of hydrogen-bond acceptors (Lipinski definition) is 5. The van der Waals surface area contributed by atoms with Crippen LogP contribution in [0.4, 0.5) is 0 Å². The molecule has 2 aliphatic rings. The lowest BCUT2D eigenvalue weighted by atomic mass is 10.0. The number of thioether (sulfide) groups is 1.